The van der Waals surface area contributed by atoms with E-state index in [1.165, 1.54) is 0 Å². The SMILES string of the molecule is CCCC(O)(O)CC(CC)OCC(CO)(CO)CO. The lowest BCUT2D eigenvalue weighted by Gasteiger charge is -2.31. The second-order valence-electron chi connectivity index (χ2n) is 5.25. The highest BCUT2D eigenvalue weighted by molar-refractivity contribution is 4.78. The first-order valence-corrected chi connectivity index (χ1v) is 6.77. The molecule has 0 fully saturated rings. The van der Waals surface area contributed by atoms with Crippen LogP contribution in [0.2, 0.25) is 0 Å². The van der Waals surface area contributed by atoms with Crippen LogP contribution in [0.15, 0.2) is 0 Å². The van der Waals surface area contributed by atoms with Gasteiger partial charge in [0.15, 0.2) is 5.79 Å². The van der Waals surface area contributed by atoms with Crippen LogP contribution in [-0.2, 0) is 4.74 Å². The molecule has 0 aromatic carbocycles. The molecule has 0 aliphatic carbocycles. The molecule has 0 heterocycles. The minimum Gasteiger partial charge on any atom is -0.396 e. The largest absolute Gasteiger partial charge is 0.396 e. The summed E-state index contributed by atoms with van der Waals surface area (Å²) in [7, 11) is 0. The van der Waals surface area contributed by atoms with Crippen molar-refractivity contribution in [3.05, 3.63) is 0 Å². The molecule has 6 heteroatoms. The molecule has 1 atom stereocenters. The van der Waals surface area contributed by atoms with Gasteiger partial charge in [-0.2, -0.15) is 0 Å². The lowest BCUT2D eigenvalue weighted by Crippen LogP contribution is -2.41. The van der Waals surface area contributed by atoms with Crippen LogP contribution in [-0.4, -0.2) is 63.9 Å². The Morgan fingerprint density at radius 2 is 1.53 bits per heavy atom. The summed E-state index contributed by atoms with van der Waals surface area (Å²) in [6.07, 6.45) is 1.15. The van der Waals surface area contributed by atoms with E-state index in [4.69, 9.17) is 4.74 Å². The maximum absolute atomic E-state index is 9.74. The molecular formula is C13H28O6. The molecule has 116 valence electrons. The zero-order chi connectivity index (χ0) is 14.9. The minimum absolute atomic E-state index is 0.0305. The third-order valence-corrected chi connectivity index (χ3v) is 3.29. The van der Waals surface area contributed by atoms with Gasteiger partial charge in [-0.25, -0.2) is 0 Å². The predicted octanol–water partition coefficient (Wildman–Crippen LogP) is -0.384. The summed E-state index contributed by atoms with van der Waals surface area (Å²) < 4.78 is 5.51. The average molecular weight is 280 g/mol. The van der Waals surface area contributed by atoms with E-state index in [-0.39, 0.29) is 19.4 Å². The molecule has 0 radical (unpaired) electrons. The standard InChI is InChI=1S/C13H28O6/c1-3-5-13(17,18)6-11(4-2)19-10-12(7-14,8-15)9-16/h11,14-18H,3-10H2,1-2H3. The number of ether oxygens (including phenoxy) is 1. The highest BCUT2D eigenvalue weighted by atomic mass is 16.5. The van der Waals surface area contributed by atoms with Gasteiger partial charge in [-0.1, -0.05) is 20.3 Å². The van der Waals surface area contributed by atoms with Gasteiger partial charge in [0.25, 0.3) is 0 Å². The summed E-state index contributed by atoms with van der Waals surface area (Å²) in [5.41, 5.74) is -1.09. The van der Waals surface area contributed by atoms with Gasteiger partial charge in [0.05, 0.1) is 37.9 Å². The average Bonchev–Trinajstić information content (AvgIpc) is 2.39. The van der Waals surface area contributed by atoms with Gasteiger partial charge in [0.1, 0.15) is 0 Å². The van der Waals surface area contributed by atoms with Gasteiger partial charge < -0.3 is 30.3 Å². The van der Waals surface area contributed by atoms with Crippen molar-refractivity contribution < 1.29 is 30.3 Å². The highest BCUT2D eigenvalue weighted by Gasteiger charge is 2.32. The summed E-state index contributed by atoms with van der Waals surface area (Å²) in [4.78, 5) is 0. The third kappa shape index (κ3) is 6.65. The quantitative estimate of drug-likeness (QED) is 0.330. The van der Waals surface area contributed by atoms with E-state index in [0.29, 0.717) is 12.8 Å². The molecule has 0 aromatic rings. The monoisotopic (exact) mass is 280 g/mol. The fourth-order valence-electron chi connectivity index (χ4n) is 1.77. The lowest BCUT2D eigenvalue weighted by atomic mass is 9.92. The number of hydrogen-bond acceptors (Lipinski definition) is 6. The van der Waals surface area contributed by atoms with Crippen molar-refractivity contribution in [2.24, 2.45) is 5.41 Å². The van der Waals surface area contributed by atoms with Gasteiger partial charge in [-0.15, -0.1) is 0 Å². The first kappa shape index (κ1) is 18.8. The molecule has 1 unspecified atom stereocenters. The van der Waals surface area contributed by atoms with Crippen molar-refractivity contribution in [1.82, 2.24) is 0 Å². The highest BCUT2D eigenvalue weighted by Crippen LogP contribution is 2.22. The molecule has 0 spiro atoms. The Morgan fingerprint density at radius 3 is 1.89 bits per heavy atom. The van der Waals surface area contributed by atoms with Crippen LogP contribution >= 0.6 is 0 Å². The van der Waals surface area contributed by atoms with Crippen molar-refractivity contribution in [3.8, 4) is 0 Å². The fraction of sp³-hybridized carbons (Fsp3) is 1.00. The maximum atomic E-state index is 9.74. The fourth-order valence-corrected chi connectivity index (χ4v) is 1.77. The van der Waals surface area contributed by atoms with Crippen LogP contribution in [0.25, 0.3) is 0 Å². The Morgan fingerprint density at radius 1 is 1.00 bits per heavy atom. The smallest absolute Gasteiger partial charge is 0.164 e. The van der Waals surface area contributed by atoms with E-state index in [1.54, 1.807) is 0 Å². The third-order valence-electron chi connectivity index (χ3n) is 3.29. The van der Waals surface area contributed by atoms with Crippen LogP contribution in [0.1, 0.15) is 39.5 Å². The Bertz CT molecular complexity index is 219. The molecule has 6 nitrogen and oxygen atoms in total. The van der Waals surface area contributed by atoms with Crippen LogP contribution in [0.4, 0.5) is 0 Å². The van der Waals surface area contributed by atoms with Crippen molar-refractivity contribution in [2.45, 2.75) is 51.4 Å². The summed E-state index contributed by atoms with van der Waals surface area (Å²) in [6.45, 7) is 2.50. The van der Waals surface area contributed by atoms with Gasteiger partial charge in [0.2, 0.25) is 0 Å². The molecule has 0 rings (SSSR count). The molecule has 0 aliphatic rings. The summed E-state index contributed by atoms with van der Waals surface area (Å²) >= 11 is 0. The number of hydrogen-bond donors (Lipinski definition) is 5. The Balaban J connectivity index is 4.41. The van der Waals surface area contributed by atoms with Crippen LogP contribution in [0.5, 0.6) is 0 Å². The van der Waals surface area contributed by atoms with Crippen molar-refractivity contribution >= 4 is 0 Å². The van der Waals surface area contributed by atoms with Crippen LogP contribution in [0, 0.1) is 5.41 Å². The van der Waals surface area contributed by atoms with Crippen LogP contribution < -0.4 is 0 Å². The van der Waals surface area contributed by atoms with E-state index in [2.05, 4.69) is 0 Å². The first-order chi connectivity index (χ1) is 8.88. The Labute approximate surface area is 114 Å². The van der Waals surface area contributed by atoms with Gasteiger partial charge in [0, 0.05) is 12.8 Å². The molecule has 0 aliphatic heterocycles. The predicted molar refractivity (Wildman–Crippen MR) is 70.4 cm³/mol. The second-order valence-corrected chi connectivity index (χ2v) is 5.25. The van der Waals surface area contributed by atoms with Crippen LogP contribution in [0.3, 0.4) is 0 Å². The van der Waals surface area contributed by atoms with Gasteiger partial charge in [-0.05, 0) is 6.42 Å². The molecular weight excluding hydrogens is 252 g/mol. The summed E-state index contributed by atoms with van der Waals surface area (Å²) in [5, 5.41) is 47.0. The summed E-state index contributed by atoms with van der Waals surface area (Å²) in [6, 6.07) is 0. The molecule has 0 saturated carbocycles. The molecule has 0 amide bonds. The molecule has 19 heavy (non-hydrogen) atoms. The number of aliphatic hydroxyl groups is 5. The van der Waals surface area contributed by atoms with E-state index >= 15 is 0 Å². The minimum atomic E-state index is -1.77. The number of aliphatic hydroxyl groups excluding tert-OH is 3. The topological polar surface area (TPSA) is 110 Å². The van der Waals surface area contributed by atoms with Gasteiger partial charge >= 0.3 is 0 Å². The maximum Gasteiger partial charge on any atom is 0.164 e. The lowest BCUT2D eigenvalue weighted by molar-refractivity contribution is -0.195. The van der Waals surface area contributed by atoms with Crippen molar-refractivity contribution in [3.63, 3.8) is 0 Å². The molecule has 0 saturated heterocycles. The normalized spacial score (nSPS) is 14.7. The van der Waals surface area contributed by atoms with Crippen molar-refractivity contribution in [1.29, 1.82) is 0 Å². The molecule has 5 N–H and O–H groups in total. The first-order valence-electron chi connectivity index (χ1n) is 6.77. The molecule has 0 bridgehead atoms. The zero-order valence-corrected chi connectivity index (χ0v) is 11.9. The van der Waals surface area contributed by atoms with E-state index in [9.17, 15) is 25.5 Å². The summed E-state index contributed by atoms with van der Waals surface area (Å²) in [5.74, 6) is -1.77. The Hall–Kier alpha value is -0.240. The molecule has 0 aromatic heterocycles. The van der Waals surface area contributed by atoms with Crippen molar-refractivity contribution in [2.75, 3.05) is 26.4 Å². The van der Waals surface area contributed by atoms with Gasteiger partial charge in [-0.3, -0.25) is 0 Å². The zero-order valence-electron chi connectivity index (χ0n) is 11.9. The van der Waals surface area contributed by atoms with E-state index < -0.39 is 37.1 Å². The van der Waals surface area contributed by atoms with E-state index in [1.807, 2.05) is 13.8 Å². The second kappa shape index (κ2) is 8.84. The Kier molecular flexibility index (Phi) is 8.73. The number of rotatable bonds is 11. The van der Waals surface area contributed by atoms with E-state index in [0.717, 1.165) is 0 Å².